The van der Waals surface area contributed by atoms with E-state index in [1.807, 2.05) is 0 Å². The highest BCUT2D eigenvalue weighted by atomic mass is 15.4. The van der Waals surface area contributed by atoms with Gasteiger partial charge in [-0.15, -0.1) is 0 Å². The van der Waals surface area contributed by atoms with Gasteiger partial charge >= 0.3 is 0 Å². The van der Waals surface area contributed by atoms with Crippen LogP contribution in [0.3, 0.4) is 0 Å². The van der Waals surface area contributed by atoms with Crippen molar-refractivity contribution in [3.8, 4) is 0 Å². The molecular weight excluding hydrogens is 248 g/mol. The normalized spacial score (nSPS) is 35.2. The Morgan fingerprint density at radius 1 is 0.950 bits per heavy atom. The van der Waals surface area contributed by atoms with Gasteiger partial charge in [0.05, 0.1) is 0 Å². The number of hydrogen-bond acceptors (Lipinski definition) is 4. The van der Waals surface area contributed by atoms with E-state index in [9.17, 15) is 0 Å². The Labute approximate surface area is 124 Å². The van der Waals surface area contributed by atoms with Crippen LogP contribution in [0, 0.1) is 11.8 Å². The fourth-order valence-corrected chi connectivity index (χ4v) is 4.19. The molecule has 2 aliphatic heterocycles. The maximum Gasteiger partial charge on any atom is 0.114 e. The fraction of sp³-hybridized carbons (Fsp3) is 1.00. The summed E-state index contributed by atoms with van der Waals surface area (Å²) in [6.45, 7) is 11.1. The van der Waals surface area contributed by atoms with Crippen LogP contribution in [-0.4, -0.2) is 61.9 Å². The largest absolute Gasteiger partial charge is 0.301 e. The third-order valence-corrected chi connectivity index (χ3v) is 5.36. The summed E-state index contributed by atoms with van der Waals surface area (Å²) in [6.07, 6.45) is 7.55. The number of nitrogens with zero attached hydrogens (tertiary/aromatic N) is 2. The molecule has 3 rings (SSSR count). The molecule has 20 heavy (non-hydrogen) atoms. The summed E-state index contributed by atoms with van der Waals surface area (Å²) in [5, 5.41) is 7.17. The molecule has 3 fully saturated rings. The predicted molar refractivity (Wildman–Crippen MR) is 83.5 cm³/mol. The lowest BCUT2D eigenvalue weighted by molar-refractivity contribution is 0.0464. The Balaban J connectivity index is 1.39. The summed E-state index contributed by atoms with van der Waals surface area (Å²) in [7, 11) is 0. The molecule has 2 heterocycles. The molecule has 2 saturated heterocycles. The van der Waals surface area contributed by atoms with Gasteiger partial charge in [-0.25, -0.2) is 0 Å². The molecular formula is C16H32N4. The lowest BCUT2D eigenvalue weighted by atomic mass is 9.82. The standard InChI is InChI=1S/C16H32N4/c1-14-4-2-5-15(12-14)13-19-8-10-20(11-9-19)16-17-6-3-7-18-16/h14-18H,2-13H2,1H3. The molecule has 0 aromatic rings. The van der Waals surface area contributed by atoms with E-state index in [1.54, 1.807) is 0 Å². The molecule has 3 aliphatic rings. The molecule has 0 radical (unpaired) electrons. The van der Waals surface area contributed by atoms with Gasteiger partial charge in [0.15, 0.2) is 0 Å². The van der Waals surface area contributed by atoms with Crippen molar-refractivity contribution in [2.45, 2.75) is 45.3 Å². The number of nitrogens with one attached hydrogen (secondary N) is 2. The number of piperazine rings is 1. The molecule has 0 aromatic heterocycles. The van der Waals surface area contributed by atoms with Gasteiger partial charge < -0.3 is 4.90 Å². The molecule has 2 atom stereocenters. The van der Waals surface area contributed by atoms with Gasteiger partial charge in [-0.1, -0.05) is 19.8 Å². The maximum absolute atomic E-state index is 3.59. The van der Waals surface area contributed by atoms with E-state index < -0.39 is 0 Å². The molecule has 1 aliphatic carbocycles. The molecule has 0 amide bonds. The van der Waals surface area contributed by atoms with Gasteiger partial charge in [0, 0.05) is 32.7 Å². The van der Waals surface area contributed by atoms with E-state index >= 15 is 0 Å². The first-order valence-electron chi connectivity index (χ1n) is 8.74. The van der Waals surface area contributed by atoms with Crippen molar-refractivity contribution in [1.82, 2.24) is 20.4 Å². The Hall–Kier alpha value is -0.160. The Morgan fingerprint density at radius 2 is 1.70 bits per heavy atom. The van der Waals surface area contributed by atoms with Crippen LogP contribution in [0.4, 0.5) is 0 Å². The summed E-state index contributed by atoms with van der Waals surface area (Å²) in [6, 6.07) is 0. The average Bonchev–Trinajstić information content (AvgIpc) is 2.49. The van der Waals surface area contributed by atoms with Crippen LogP contribution < -0.4 is 10.6 Å². The van der Waals surface area contributed by atoms with E-state index in [0.717, 1.165) is 24.9 Å². The molecule has 0 bridgehead atoms. The van der Waals surface area contributed by atoms with Crippen LogP contribution in [0.2, 0.25) is 0 Å². The summed E-state index contributed by atoms with van der Waals surface area (Å²) >= 11 is 0. The summed E-state index contributed by atoms with van der Waals surface area (Å²) in [5.41, 5.74) is 0. The topological polar surface area (TPSA) is 30.5 Å². The Morgan fingerprint density at radius 3 is 2.40 bits per heavy atom. The first-order valence-corrected chi connectivity index (χ1v) is 8.74. The predicted octanol–water partition coefficient (Wildman–Crippen LogP) is 1.30. The van der Waals surface area contributed by atoms with E-state index in [2.05, 4.69) is 27.4 Å². The Kier molecular flexibility index (Phi) is 5.32. The van der Waals surface area contributed by atoms with Crippen molar-refractivity contribution in [1.29, 1.82) is 0 Å². The molecule has 4 nitrogen and oxygen atoms in total. The van der Waals surface area contributed by atoms with E-state index in [0.29, 0.717) is 6.29 Å². The smallest absolute Gasteiger partial charge is 0.114 e. The van der Waals surface area contributed by atoms with Crippen molar-refractivity contribution in [2.75, 3.05) is 45.8 Å². The Bertz CT molecular complexity index is 282. The van der Waals surface area contributed by atoms with Gasteiger partial charge in [-0.05, 0) is 44.2 Å². The zero-order valence-electron chi connectivity index (χ0n) is 13.1. The van der Waals surface area contributed by atoms with Crippen LogP contribution in [0.5, 0.6) is 0 Å². The molecule has 1 saturated carbocycles. The highest BCUT2D eigenvalue weighted by molar-refractivity contribution is 4.81. The third kappa shape index (κ3) is 3.94. The van der Waals surface area contributed by atoms with E-state index in [1.165, 1.54) is 64.8 Å². The first kappa shape index (κ1) is 14.8. The van der Waals surface area contributed by atoms with Gasteiger partial charge in [0.25, 0.3) is 0 Å². The SMILES string of the molecule is CC1CCCC(CN2CCN(C3NCCCN3)CC2)C1. The second kappa shape index (κ2) is 7.21. The van der Waals surface area contributed by atoms with Crippen LogP contribution in [0.1, 0.15) is 39.0 Å². The minimum atomic E-state index is 0.431. The minimum absolute atomic E-state index is 0.431. The van der Waals surface area contributed by atoms with Crippen LogP contribution in [-0.2, 0) is 0 Å². The second-order valence-electron chi connectivity index (χ2n) is 7.14. The zero-order chi connectivity index (χ0) is 13.8. The highest BCUT2D eigenvalue weighted by Gasteiger charge is 2.27. The van der Waals surface area contributed by atoms with Crippen molar-refractivity contribution in [3.63, 3.8) is 0 Å². The van der Waals surface area contributed by atoms with Gasteiger partial charge in [-0.2, -0.15) is 0 Å². The van der Waals surface area contributed by atoms with E-state index in [4.69, 9.17) is 0 Å². The monoisotopic (exact) mass is 280 g/mol. The van der Waals surface area contributed by atoms with Gasteiger partial charge in [0.2, 0.25) is 0 Å². The van der Waals surface area contributed by atoms with Crippen LogP contribution >= 0.6 is 0 Å². The quantitative estimate of drug-likeness (QED) is 0.816. The van der Waals surface area contributed by atoms with Crippen molar-refractivity contribution >= 4 is 0 Å². The molecule has 116 valence electrons. The highest BCUT2D eigenvalue weighted by Crippen LogP contribution is 2.29. The fourth-order valence-electron chi connectivity index (χ4n) is 4.19. The molecule has 0 spiro atoms. The van der Waals surface area contributed by atoms with Crippen molar-refractivity contribution in [3.05, 3.63) is 0 Å². The minimum Gasteiger partial charge on any atom is -0.301 e. The zero-order valence-corrected chi connectivity index (χ0v) is 13.1. The third-order valence-electron chi connectivity index (χ3n) is 5.36. The molecule has 2 N–H and O–H groups in total. The molecule has 2 unspecified atom stereocenters. The summed E-state index contributed by atoms with van der Waals surface area (Å²) < 4.78 is 0. The summed E-state index contributed by atoms with van der Waals surface area (Å²) in [4.78, 5) is 5.29. The van der Waals surface area contributed by atoms with Gasteiger partial charge in [0.1, 0.15) is 6.29 Å². The second-order valence-corrected chi connectivity index (χ2v) is 7.14. The van der Waals surface area contributed by atoms with Crippen LogP contribution in [0.25, 0.3) is 0 Å². The maximum atomic E-state index is 3.59. The molecule has 0 aromatic carbocycles. The number of hydrogen-bond donors (Lipinski definition) is 2. The van der Waals surface area contributed by atoms with Crippen molar-refractivity contribution < 1.29 is 0 Å². The first-order chi connectivity index (χ1) is 9.81. The van der Waals surface area contributed by atoms with E-state index in [-0.39, 0.29) is 0 Å². The lowest BCUT2D eigenvalue weighted by Crippen LogP contribution is -2.62. The average molecular weight is 280 g/mol. The van der Waals surface area contributed by atoms with Crippen molar-refractivity contribution in [2.24, 2.45) is 11.8 Å². The van der Waals surface area contributed by atoms with Gasteiger partial charge in [-0.3, -0.25) is 15.5 Å². The molecule has 4 heteroatoms. The van der Waals surface area contributed by atoms with Crippen LogP contribution in [0.15, 0.2) is 0 Å². The summed E-state index contributed by atoms with van der Waals surface area (Å²) in [5.74, 6) is 1.93. The number of rotatable bonds is 3. The lowest BCUT2D eigenvalue weighted by Gasteiger charge is -2.42.